The first-order chi connectivity index (χ1) is 3.12. The van der Waals surface area contributed by atoms with Crippen LogP contribution in [0.15, 0.2) is 0 Å². The molecule has 0 N–H and O–H groups in total. The molecule has 0 aromatic heterocycles. The van der Waals surface area contributed by atoms with Crippen molar-refractivity contribution < 1.29 is 0 Å². The molecule has 0 heterocycles. The van der Waals surface area contributed by atoms with Gasteiger partial charge >= 0.3 is 0 Å². The summed E-state index contributed by atoms with van der Waals surface area (Å²) in [6.07, 6.45) is 0. The Hall–Kier alpha value is -0.0300. The first-order valence-electron chi connectivity index (χ1n) is 2.07. The Morgan fingerprint density at radius 1 is 1.71 bits per heavy atom. The lowest BCUT2D eigenvalue weighted by Crippen LogP contribution is -2.14. The highest BCUT2D eigenvalue weighted by Gasteiger charge is 2.19. The molecule has 0 atom stereocenters. The Morgan fingerprint density at radius 2 is 2.14 bits per heavy atom. The summed E-state index contributed by atoms with van der Waals surface area (Å²) in [6, 6.07) is 0. The molecule has 0 aliphatic heterocycles. The molecule has 0 rings (SSSR count). The second kappa shape index (κ2) is 2.32. The van der Waals surface area contributed by atoms with Crippen LogP contribution in [0.25, 0.3) is 4.85 Å². The van der Waals surface area contributed by atoms with Crippen molar-refractivity contribution in [3.63, 3.8) is 0 Å². The van der Waals surface area contributed by atoms with Crippen molar-refractivity contribution in [2.75, 3.05) is 5.33 Å². The minimum Gasteiger partial charge on any atom is -0.310 e. The molecule has 0 aliphatic rings. The molecule has 0 saturated heterocycles. The summed E-state index contributed by atoms with van der Waals surface area (Å²) in [7, 11) is 0. The van der Waals surface area contributed by atoms with Crippen molar-refractivity contribution in [3.05, 3.63) is 11.4 Å². The summed E-state index contributed by atoms with van der Waals surface area (Å²) in [5.74, 6) is 0. The van der Waals surface area contributed by atoms with Gasteiger partial charge in [-0.3, -0.25) is 0 Å². The lowest BCUT2D eigenvalue weighted by Gasteiger charge is -2.02. The molecule has 40 valence electrons. The SMILES string of the molecule is [C-]#[N+]C(C)(C)CBr. The van der Waals surface area contributed by atoms with Gasteiger partial charge in [-0.2, -0.15) is 0 Å². The van der Waals surface area contributed by atoms with Crippen molar-refractivity contribution in [3.8, 4) is 0 Å². The quantitative estimate of drug-likeness (QED) is 0.410. The van der Waals surface area contributed by atoms with Gasteiger partial charge < -0.3 is 4.85 Å². The van der Waals surface area contributed by atoms with E-state index >= 15 is 0 Å². The van der Waals surface area contributed by atoms with Crippen LogP contribution in [-0.4, -0.2) is 10.9 Å². The van der Waals surface area contributed by atoms with Gasteiger partial charge in [-0.1, -0.05) is 15.9 Å². The molecule has 2 heteroatoms. The Morgan fingerprint density at radius 3 is 2.14 bits per heavy atom. The van der Waals surface area contributed by atoms with E-state index in [1.165, 1.54) is 0 Å². The van der Waals surface area contributed by atoms with E-state index in [2.05, 4.69) is 20.8 Å². The summed E-state index contributed by atoms with van der Waals surface area (Å²) in [4.78, 5) is 3.34. The van der Waals surface area contributed by atoms with Gasteiger partial charge in [0, 0.05) is 13.8 Å². The van der Waals surface area contributed by atoms with Gasteiger partial charge in [0.2, 0.25) is 5.54 Å². The number of hydrogen-bond donors (Lipinski definition) is 0. The molecule has 7 heavy (non-hydrogen) atoms. The first kappa shape index (κ1) is 6.97. The third-order valence-corrected chi connectivity index (χ3v) is 2.00. The Kier molecular flexibility index (Phi) is 2.31. The minimum atomic E-state index is -0.208. The fraction of sp³-hybridized carbons (Fsp3) is 0.800. The van der Waals surface area contributed by atoms with E-state index in [1.807, 2.05) is 13.8 Å². The van der Waals surface area contributed by atoms with Crippen LogP contribution in [0.1, 0.15) is 13.8 Å². The number of nitrogens with zero attached hydrogens (tertiary/aromatic N) is 1. The van der Waals surface area contributed by atoms with E-state index in [-0.39, 0.29) is 5.54 Å². The number of hydrogen-bond acceptors (Lipinski definition) is 0. The van der Waals surface area contributed by atoms with Gasteiger partial charge in [-0.25, -0.2) is 6.57 Å². The second-order valence-electron chi connectivity index (χ2n) is 2.06. The van der Waals surface area contributed by atoms with Crippen LogP contribution in [0.4, 0.5) is 0 Å². The third kappa shape index (κ3) is 2.64. The zero-order valence-corrected chi connectivity index (χ0v) is 6.12. The molecule has 0 amide bonds. The van der Waals surface area contributed by atoms with Gasteiger partial charge in [0.05, 0.1) is 5.33 Å². The molecule has 0 radical (unpaired) electrons. The van der Waals surface area contributed by atoms with E-state index in [0.717, 1.165) is 5.33 Å². The molecule has 1 nitrogen and oxygen atoms in total. The smallest absolute Gasteiger partial charge is 0.236 e. The summed E-state index contributed by atoms with van der Waals surface area (Å²) in [5, 5.41) is 0.753. The largest absolute Gasteiger partial charge is 0.310 e. The van der Waals surface area contributed by atoms with Gasteiger partial charge in [0.1, 0.15) is 0 Å². The summed E-state index contributed by atoms with van der Waals surface area (Å²) in [5.41, 5.74) is -0.208. The monoisotopic (exact) mass is 161 g/mol. The normalized spacial score (nSPS) is 10.6. The lowest BCUT2D eigenvalue weighted by molar-refractivity contribution is 0.706. The fourth-order valence-electron chi connectivity index (χ4n) is 0.0299. The molecule has 0 aliphatic carbocycles. The van der Waals surface area contributed by atoms with E-state index < -0.39 is 0 Å². The summed E-state index contributed by atoms with van der Waals surface area (Å²) >= 11 is 3.22. The van der Waals surface area contributed by atoms with Crippen LogP contribution in [0.3, 0.4) is 0 Å². The van der Waals surface area contributed by atoms with E-state index in [9.17, 15) is 0 Å². The molecular weight excluding hydrogens is 154 g/mol. The van der Waals surface area contributed by atoms with Crippen molar-refractivity contribution in [2.45, 2.75) is 19.4 Å². The van der Waals surface area contributed by atoms with Crippen LogP contribution in [0, 0.1) is 6.57 Å². The third-order valence-electron chi connectivity index (χ3n) is 0.630. The standard InChI is InChI=1S/C5H8BrN/c1-5(2,4-6)7-3/h4H2,1-2H3. The van der Waals surface area contributed by atoms with Gasteiger partial charge in [0.25, 0.3) is 0 Å². The maximum atomic E-state index is 6.60. The predicted molar refractivity (Wildman–Crippen MR) is 34.5 cm³/mol. The van der Waals surface area contributed by atoms with Gasteiger partial charge in [0.15, 0.2) is 0 Å². The Balaban J connectivity index is 3.66. The van der Waals surface area contributed by atoms with Crippen LogP contribution in [-0.2, 0) is 0 Å². The molecule has 0 saturated carbocycles. The molecule has 0 aromatic carbocycles. The molecule has 0 bridgehead atoms. The van der Waals surface area contributed by atoms with Crippen molar-refractivity contribution in [1.29, 1.82) is 0 Å². The van der Waals surface area contributed by atoms with Crippen molar-refractivity contribution >= 4 is 15.9 Å². The average Bonchev–Trinajstić information content (AvgIpc) is 1.68. The topological polar surface area (TPSA) is 4.36 Å². The van der Waals surface area contributed by atoms with E-state index in [4.69, 9.17) is 6.57 Å². The zero-order valence-electron chi connectivity index (χ0n) is 4.53. The maximum absolute atomic E-state index is 6.60. The summed E-state index contributed by atoms with van der Waals surface area (Å²) in [6.45, 7) is 10.4. The van der Waals surface area contributed by atoms with E-state index in [0.29, 0.717) is 0 Å². The number of halogens is 1. The van der Waals surface area contributed by atoms with Gasteiger partial charge in [-0.15, -0.1) is 0 Å². The van der Waals surface area contributed by atoms with Gasteiger partial charge in [-0.05, 0) is 0 Å². The Bertz CT molecular complexity index is 90.7. The molecule has 0 aromatic rings. The van der Waals surface area contributed by atoms with Crippen LogP contribution >= 0.6 is 15.9 Å². The highest BCUT2D eigenvalue weighted by molar-refractivity contribution is 9.09. The maximum Gasteiger partial charge on any atom is 0.236 e. The lowest BCUT2D eigenvalue weighted by atomic mass is 10.1. The molecular formula is C5H8BrN. The summed E-state index contributed by atoms with van der Waals surface area (Å²) < 4.78 is 0. The second-order valence-corrected chi connectivity index (χ2v) is 2.62. The number of alkyl halides is 1. The van der Waals surface area contributed by atoms with E-state index in [1.54, 1.807) is 0 Å². The molecule has 0 unspecified atom stereocenters. The first-order valence-corrected chi connectivity index (χ1v) is 3.19. The zero-order chi connectivity index (χ0) is 5.91. The van der Waals surface area contributed by atoms with Crippen molar-refractivity contribution in [1.82, 2.24) is 0 Å². The predicted octanol–water partition coefficient (Wildman–Crippen LogP) is 2.08. The van der Waals surface area contributed by atoms with Crippen LogP contribution in [0.5, 0.6) is 0 Å². The Labute approximate surface area is 52.7 Å². The number of rotatable bonds is 1. The average molecular weight is 162 g/mol. The fourth-order valence-corrected chi connectivity index (χ4v) is 0.155. The molecule has 0 fully saturated rings. The van der Waals surface area contributed by atoms with Crippen molar-refractivity contribution in [2.24, 2.45) is 0 Å². The minimum absolute atomic E-state index is 0.208. The van der Waals surface area contributed by atoms with Crippen LogP contribution < -0.4 is 0 Å². The highest BCUT2D eigenvalue weighted by Crippen LogP contribution is 2.10. The molecule has 0 spiro atoms. The van der Waals surface area contributed by atoms with Crippen LogP contribution in [0.2, 0.25) is 0 Å². The highest BCUT2D eigenvalue weighted by atomic mass is 79.9.